The van der Waals surface area contributed by atoms with Crippen LogP contribution in [0.2, 0.25) is 20.1 Å². The number of nitrogens with zero attached hydrogens (tertiary/aromatic N) is 7. The molecule has 0 saturated carbocycles. The third-order valence-corrected chi connectivity index (χ3v) is 26.1. The molecule has 104 heavy (non-hydrogen) atoms. The van der Waals surface area contributed by atoms with Crippen LogP contribution in [-0.2, 0) is 65.8 Å². The number of likely N-dealkylation sites (tertiary alicyclic amines) is 3. The average molecular weight is 1740 g/mol. The van der Waals surface area contributed by atoms with E-state index in [9.17, 15) is 19.8 Å². The van der Waals surface area contributed by atoms with Crippen LogP contribution >= 0.6 is 110 Å². The molecule has 0 bridgehead atoms. The van der Waals surface area contributed by atoms with E-state index in [1.807, 2.05) is 72.9 Å². The number of aromatic nitrogens is 4. The summed E-state index contributed by atoms with van der Waals surface area (Å²) in [6.07, 6.45) is 23.0. The van der Waals surface area contributed by atoms with Gasteiger partial charge in [0.15, 0.2) is 0 Å². The van der Waals surface area contributed by atoms with Crippen LogP contribution in [0.1, 0.15) is 165 Å². The molecule has 0 amide bonds. The summed E-state index contributed by atoms with van der Waals surface area (Å²) in [5, 5.41) is 34.9. The first-order chi connectivity index (χ1) is 50.2. The highest BCUT2D eigenvalue weighted by Crippen LogP contribution is 2.49. The lowest BCUT2D eigenvalue weighted by Crippen LogP contribution is -2.46. The first-order valence-corrected chi connectivity index (χ1v) is 41.1. The van der Waals surface area contributed by atoms with Gasteiger partial charge in [0.2, 0.25) is 0 Å². The molecule has 4 N–H and O–H groups in total. The molecule has 4 aromatic carbocycles. The van der Waals surface area contributed by atoms with Crippen molar-refractivity contribution < 1.29 is 29.9 Å². The maximum atomic E-state index is 11.8. The first-order valence-electron chi connectivity index (χ1n) is 36.4. The number of benzene rings is 4. The molecule has 8 heterocycles. The fraction of sp³-hybridized carbons (Fsp3) is 0.439. The Morgan fingerprint density at radius 2 is 0.712 bits per heavy atom. The molecule has 548 valence electrons. The van der Waals surface area contributed by atoms with E-state index in [0.29, 0.717) is 37.2 Å². The van der Waals surface area contributed by atoms with Gasteiger partial charge in [-0.2, -0.15) is 0 Å². The highest BCUT2D eigenvalue weighted by molar-refractivity contribution is 9.11. The summed E-state index contributed by atoms with van der Waals surface area (Å²) in [6, 6.07) is 33.1. The molecule has 4 saturated heterocycles. The first kappa shape index (κ1) is 77.4. The Kier molecular flexibility index (Phi) is 26.0. The van der Waals surface area contributed by atoms with Crippen LogP contribution in [0.4, 0.5) is 0 Å². The molecule has 9 unspecified atom stereocenters. The van der Waals surface area contributed by atoms with Gasteiger partial charge in [-0.3, -0.25) is 44.6 Å². The highest BCUT2D eigenvalue weighted by atomic mass is 79.9. The topological polar surface area (TPSA) is 177 Å². The van der Waals surface area contributed by atoms with E-state index >= 15 is 0 Å². The zero-order chi connectivity index (χ0) is 73.0. The van der Waals surface area contributed by atoms with E-state index < -0.39 is 24.0 Å². The van der Waals surface area contributed by atoms with Crippen molar-refractivity contribution in [1.29, 1.82) is 0 Å². The van der Waals surface area contributed by atoms with E-state index in [4.69, 9.17) is 71.6 Å². The van der Waals surface area contributed by atoms with Gasteiger partial charge in [0.05, 0.1) is 29.4 Å². The summed E-state index contributed by atoms with van der Waals surface area (Å²) in [5.41, 5.74) is 20.4. The number of nitrogens with one attached hydrogen (secondary N) is 1. The number of rotatable bonds is 8. The van der Waals surface area contributed by atoms with Gasteiger partial charge < -0.3 is 20.4 Å². The van der Waals surface area contributed by atoms with E-state index in [-0.39, 0.29) is 35.6 Å². The number of hydrogen-bond donors (Lipinski definition) is 4. The van der Waals surface area contributed by atoms with E-state index in [0.717, 1.165) is 159 Å². The fourth-order valence-corrected chi connectivity index (χ4v) is 20.5. The molecule has 8 aliphatic rings. The Hall–Kier alpha value is -4.74. The normalized spacial score (nSPS) is 24.5. The molecule has 14 nitrogen and oxygen atoms in total. The molecule has 0 spiro atoms. The number of fused-ring (bicyclic) bond motifs is 8. The number of pyridine rings is 4. The largest absolute Gasteiger partial charge is 0.480 e. The predicted molar refractivity (Wildman–Crippen MR) is 427 cm³/mol. The number of carbonyl (C=O) groups is 2. The van der Waals surface area contributed by atoms with Gasteiger partial charge in [-0.05, 0) is 384 Å². The van der Waals surface area contributed by atoms with E-state index in [1.165, 1.54) is 91.0 Å². The Labute approximate surface area is 664 Å². The average Bonchev–Trinajstić information content (AvgIpc) is 1.51. The van der Waals surface area contributed by atoms with Crippen molar-refractivity contribution in [3.05, 3.63) is 249 Å². The van der Waals surface area contributed by atoms with Crippen molar-refractivity contribution >= 4 is 122 Å². The zero-order valence-corrected chi connectivity index (χ0v) is 68.0. The van der Waals surface area contributed by atoms with E-state index in [1.54, 1.807) is 0 Å². The van der Waals surface area contributed by atoms with E-state index in [2.05, 4.69) is 159 Å². The molecule has 16 rings (SSSR count). The number of hydrogen-bond acceptors (Lipinski definition) is 12. The summed E-state index contributed by atoms with van der Waals surface area (Å²) >= 11 is 39.4. The number of aryl methyl sites for hydroxylation is 8. The third-order valence-electron chi connectivity index (χ3n) is 23.4. The minimum Gasteiger partial charge on any atom is -0.480 e. The SMILES string of the molecule is CN1CCC(C2c3ccc(Cl)cc3CCc3cc(Br)cnc32)CC1C(=O)O.CN1CCC(C2c3ccc(Cl)cc3CCc3cc(Br)cnc32)CC1C(=O)O.CN1CCC(C2c3ccc(Cl)cc3CCc3cc(Br)cnc32)CC1COO.Clc1ccc2c(c1)CCc1cc(Br)cnc1[C@H]2C1CCNCC1. The number of aliphatic carboxylic acids is 2. The number of carboxylic acids is 2. The second-order valence-electron chi connectivity index (χ2n) is 29.6. The van der Waals surface area contributed by atoms with Crippen LogP contribution in [0.15, 0.2) is 140 Å². The smallest absolute Gasteiger partial charge is 0.320 e. The summed E-state index contributed by atoms with van der Waals surface area (Å²) in [7, 11) is 5.91. The van der Waals surface area contributed by atoms with Crippen molar-refractivity contribution in [1.82, 2.24) is 40.0 Å². The number of halogens is 8. The lowest BCUT2D eigenvalue weighted by Gasteiger charge is -2.40. The second-order valence-corrected chi connectivity index (χ2v) is 35.0. The molecule has 22 heteroatoms. The summed E-state index contributed by atoms with van der Waals surface area (Å²) < 4.78 is 4.06. The van der Waals surface area contributed by atoms with Gasteiger partial charge in [-0.25, -0.2) is 4.89 Å². The van der Waals surface area contributed by atoms with Crippen LogP contribution in [0.5, 0.6) is 0 Å². The predicted octanol–water partition coefficient (Wildman–Crippen LogP) is 18.7. The van der Waals surface area contributed by atoms with Crippen molar-refractivity contribution in [3.8, 4) is 0 Å². The maximum Gasteiger partial charge on any atom is 0.320 e. The molecular weight excluding hydrogens is 1650 g/mol. The molecule has 0 radical (unpaired) electrons. The molecule has 8 aromatic rings. The molecule has 4 aliphatic carbocycles. The van der Waals surface area contributed by atoms with Crippen molar-refractivity contribution in [2.45, 2.75) is 145 Å². The molecule has 4 aliphatic heterocycles. The van der Waals surface area contributed by atoms with Gasteiger partial charge in [-0.1, -0.05) is 70.7 Å². The zero-order valence-electron chi connectivity index (χ0n) is 58.7. The molecule has 4 fully saturated rings. The quantitative estimate of drug-likeness (QED) is 0.0834. The van der Waals surface area contributed by atoms with Crippen LogP contribution < -0.4 is 5.32 Å². The van der Waals surface area contributed by atoms with Crippen molar-refractivity contribution in [2.75, 3.05) is 60.5 Å². The lowest BCUT2D eigenvalue weighted by atomic mass is 9.74. The summed E-state index contributed by atoms with van der Waals surface area (Å²) in [4.78, 5) is 53.5. The molecule has 10 atom stereocenters. The summed E-state index contributed by atoms with van der Waals surface area (Å²) in [6.45, 7) is 5.11. The van der Waals surface area contributed by atoms with Gasteiger partial charge in [0.1, 0.15) is 12.1 Å². The molecule has 4 aromatic heterocycles. The van der Waals surface area contributed by atoms with Gasteiger partial charge >= 0.3 is 11.9 Å². The number of likely N-dealkylation sites (N-methyl/N-ethyl adjacent to an activating group) is 3. The third kappa shape index (κ3) is 17.8. The van der Waals surface area contributed by atoms with Crippen molar-refractivity contribution in [2.24, 2.45) is 23.7 Å². The lowest BCUT2D eigenvalue weighted by molar-refractivity contribution is -0.253. The number of carboxylic acid groups (broad SMARTS) is 2. The van der Waals surface area contributed by atoms with Crippen molar-refractivity contribution in [3.63, 3.8) is 0 Å². The summed E-state index contributed by atoms with van der Waals surface area (Å²) in [5.74, 6) is 0.978. The number of piperidine rings is 4. The van der Waals surface area contributed by atoms with Gasteiger partial charge in [0.25, 0.3) is 0 Å². The molecular formula is C82H88Br4Cl4N8O6. The highest BCUT2D eigenvalue weighted by Gasteiger charge is 2.43. The van der Waals surface area contributed by atoms with Gasteiger partial charge in [-0.15, -0.1) is 0 Å². The fourth-order valence-electron chi connectivity index (χ4n) is 18.2. The Balaban J connectivity index is 0.000000123. The van der Waals surface area contributed by atoms with Crippen LogP contribution in [0.3, 0.4) is 0 Å². The minimum atomic E-state index is -0.740. The standard InChI is InChI=1S/C21H24BrClN2O2.2C21H22BrClN2O2.C19H20BrClN2/c1-25-7-6-14(10-18(25)12-27-26)20-19-5-4-17(23)9-13(19)2-3-15-8-16(22)11-24-21(15)20;2*1-25-7-6-13(10-18(25)21(26)27)19-17-5-4-16(23)9-12(17)2-3-14-8-15(22)11-24-20(14)19;20-15-9-14-2-1-13-10-16(21)3-4-17(13)18(19(14)23-11-15)12-5-7-22-8-6-12/h4-5,8-9,11,14,18,20,26H,2-3,6-7,10,12H2,1H3;2*4-5,8-9,11,13,18-19H,2-3,6-7,10H2,1H3,(H,26,27);3-4,9-12,18,22H,1-2,5-8H2/t;;;18-/m...0/s1. The minimum absolute atomic E-state index is 0.110. The van der Waals surface area contributed by atoms with Gasteiger partial charge in [0, 0.05) is 92.5 Å². The monoisotopic (exact) mass is 1740 g/mol. The Bertz CT molecular complexity index is 4080. The van der Waals surface area contributed by atoms with Crippen LogP contribution in [0, 0.1) is 23.7 Å². The van der Waals surface area contributed by atoms with Crippen LogP contribution in [0.25, 0.3) is 0 Å². The van der Waals surface area contributed by atoms with Crippen LogP contribution in [-0.4, -0.2) is 141 Å². The second kappa shape index (κ2) is 34.9. The Morgan fingerprint density at radius 1 is 0.423 bits per heavy atom. The maximum absolute atomic E-state index is 11.8. The Morgan fingerprint density at radius 3 is 1.02 bits per heavy atom.